The van der Waals surface area contributed by atoms with E-state index in [2.05, 4.69) is 347 Å². The third kappa shape index (κ3) is 9.37. The molecule has 0 atom stereocenters. The van der Waals surface area contributed by atoms with Crippen LogP contribution in [0.1, 0.15) is 49.9 Å². The number of halogens is 1. The van der Waals surface area contributed by atoms with E-state index in [9.17, 15) is 10.0 Å². The molecular formula is C106H70BBrO2. The van der Waals surface area contributed by atoms with Gasteiger partial charge in [-0.1, -0.05) is 341 Å². The maximum absolute atomic E-state index is 9.50. The fourth-order valence-electron chi connectivity index (χ4n) is 20.1. The molecule has 0 bridgehead atoms. The second kappa shape index (κ2) is 24.2. The van der Waals surface area contributed by atoms with Gasteiger partial charge in [-0.2, -0.15) is 0 Å². The maximum atomic E-state index is 9.50. The van der Waals surface area contributed by atoms with Crippen LogP contribution < -0.4 is 5.46 Å². The number of hydrogen-bond acceptors (Lipinski definition) is 2. The molecule has 0 aromatic heterocycles. The van der Waals surface area contributed by atoms with Crippen LogP contribution in [0.25, 0.3) is 208 Å². The summed E-state index contributed by atoms with van der Waals surface area (Å²) >= 11 is 3.70. The molecule has 4 aliphatic carbocycles. The Morgan fingerprint density at radius 3 is 0.891 bits per heavy atom. The molecule has 0 amide bonds. The zero-order valence-corrected chi connectivity index (χ0v) is 62.8. The molecule has 0 saturated heterocycles. The summed E-state index contributed by atoms with van der Waals surface area (Å²) in [5.74, 6) is 0. The summed E-state index contributed by atoms with van der Waals surface area (Å²) in [7, 11) is -1.44. The van der Waals surface area contributed by atoms with Crippen LogP contribution in [0.15, 0.2) is 344 Å². The van der Waals surface area contributed by atoms with Crippen molar-refractivity contribution in [1.82, 2.24) is 0 Å². The lowest BCUT2D eigenvalue weighted by atomic mass is 9.76. The lowest BCUT2D eigenvalue weighted by molar-refractivity contribution is 0.426. The zero-order valence-electron chi connectivity index (χ0n) is 61.2. The van der Waals surface area contributed by atoms with Crippen molar-refractivity contribution in [2.45, 2.75) is 38.5 Å². The van der Waals surface area contributed by atoms with E-state index in [4.69, 9.17) is 0 Å². The Kier molecular flexibility index (Phi) is 14.2. The standard InChI is InChI=1S/C53H34.C37H25Br.C16H11BO2/c1-53(2)49-28-31(33-26-27-46-37-15-5-4-14-36(37)45-21-11-20-42(33)51(45)46)22-24-40(49)41-25-23-32(29-50(41)53)47-30-48-38-16-6-3-12-34(38)35-13-7-9-18-43(35)52(48)44-19-10-8-17-39(44)47;1-37(2)34-19-22(15-17-28(34)29-18-16-23(38)20-35(29)37)32-21-33-26-11-4-3-9-24(26)25-10-5-7-13-30(25)36(33)31-14-8-6-12-27(31)32;18-17(19)15-9-8-13-11-5-2-1-4-10(11)12-6-3-7-14(15)16(12)13/h3-30H,1-2H3;3-21H,1-2H3;1-9,18-19H. The zero-order chi connectivity index (χ0) is 73.6. The Balaban J connectivity index is 0.000000113. The molecule has 0 aliphatic heterocycles. The number of hydrogen-bond donors (Lipinski definition) is 2. The fraction of sp³-hybridized carbons (Fsp3) is 0.0566. The van der Waals surface area contributed by atoms with Gasteiger partial charge in [0.1, 0.15) is 0 Å². The largest absolute Gasteiger partial charge is 0.489 e. The van der Waals surface area contributed by atoms with Crippen molar-refractivity contribution in [3.05, 3.63) is 366 Å². The minimum absolute atomic E-state index is 0.0555. The van der Waals surface area contributed by atoms with E-state index in [1.54, 1.807) is 6.07 Å². The predicted molar refractivity (Wildman–Crippen MR) is 472 cm³/mol. The van der Waals surface area contributed by atoms with E-state index in [1.807, 2.05) is 30.3 Å². The highest BCUT2D eigenvalue weighted by Gasteiger charge is 2.38. The first-order valence-corrected chi connectivity index (χ1v) is 39.1. The van der Waals surface area contributed by atoms with Crippen molar-refractivity contribution in [3.63, 3.8) is 0 Å². The van der Waals surface area contributed by atoms with Crippen LogP contribution in [-0.4, -0.2) is 17.2 Å². The molecule has 516 valence electrons. The summed E-state index contributed by atoms with van der Waals surface area (Å²) in [6.45, 7) is 9.53. The second-order valence-corrected chi connectivity index (χ2v) is 32.4. The van der Waals surface area contributed by atoms with Crippen LogP contribution in [0, 0.1) is 0 Å². The predicted octanol–water partition coefficient (Wildman–Crippen LogP) is 27.9. The smallest absolute Gasteiger partial charge is 0.423 e. The van der Waals surface area contributed by atoms with Crippen molar-refractivity contribution >= 4 is 136 Å². The molecule has 110 heavy (non-hydrogen) atoms. The van der Waals surface area contributed by atoms with E-state index in [-0.39, 0.29) is 10.8 Å². The lowest BCUT2D eigenvalue weighted by Crippen LogP contribution is -2.30. The van der Waals surface area contributed by atoms with Crippen LogP contribution in [0.5, 0.6) is 0 Å². The molecule has 0 radical (unpaired) electrons. The van der Waals surface area contributed by atoms with Crippen molar-refractivity contribution in [2.75, 3.05) is 0 Å². The molecule has 4 heteroatoms. The topological polar surface area (TPSA) is 40.5 Å². The van der Waals surface area contributed by atoms with Gasteiger partial charge in [0.25, 0.3) is 0 Å². The van der Waals surface area contributed by atoms with Gasteiger partial charge in [-0.3, -0.25) is 0 Å². The molecule has 0 fully saturated rings. The molecular weight excluding hydrogens is 1400 g/mol. The molecule has 2 N–H and O–H groups in total. The molecule has 0 spiro atoms. The first-order chi connectivity index (χ1) is 53.8. The van der Waals surface area contributed by atoms with Crippen LogP contribution >= 0.6 is 15.9 Å². The molecule has 20 aromatic rings. The van der Waals surface area contributed by atoms with Crippen molar-refractivity contribution < 1.29 is 10.0 Å². The Morgan fingerprint density at radius 2 is 0.473 bits per heavy atom. The molecule has 24 rings (SSSR count). The molecule has 20 aromatic carbocycles. The van der Waals surface area contributed by atoms with Crippen LogP contribution in [-0.2, 0) is 10.8 Å². The summed E-state index contributed by atoms with van der Waals surface area (Å²) in [4.78, 5) is 0. The normalized spacial score (nSPS) is 13.4. The third-order valence-electron chi connectivity index (χ3n) is 25.2. The van der Waals surface area contributed by atoms with Gasteiger partial charge in [0, 0.05) is 15.3 Å². The van der Waals surface area contributed by atoms with Gasteiger partial charge < -0.3 is 10.0 Å². The SMILES string of the molecule is CC1(C)c2cc(-c3ccc4c5c(cccc35)-c3ccccc3-4)ccc2-c2ccc(-c3cc4c5ccccc5c5ccccc5c4c4ccccc34)cc21.CC1(C)c2cc(Br)ccc2-c2ccc(-c3cc4c5ccccc5c5ccccc5c4c4ccccc34)cc21.OB(O)c1ccc2c3c(cccc13)-c1ccccc1-2. The van der Waals surface area contributed by atoms with Crippen molar-refractivity contribution in [1.29, 1.82) is 0 Å². The average Bonchev–Trinajstić information content (AvgIpc) is 0.910. The van der Waals surface area contributed by atoms with E-state index in [0.29, 0.717) is 5.46 Å². The van der Waals surface area contributed by atoms with Gasteiger partial charge in [0.2, 0.25) is 0 Å². The van der Waals surface area contributed by atoms with Crippen molar-refractivity contribution in [2.24, 2.45) is 0 Å². The van der Waals surface area contributed by atoms with E-state index < -0.39 is 7.12 Å². The molecule has 0 heterocycles. The average molecular weight is 1470 g/mol. The van der Waals surface area contributed by atoms with Crippen LogP contribution in [0.2, 0.25) is 0 Å². The molecule has 0 unspecified atom stereocenters. The first kappa shape index (κ1) is 64.6. The van der Waals surface area contributed by atoms with Gasteiger partial charge in [-0.15, -0.1) is 0 Å². The first-order valence-electron chi connectivity index (χ1n) is 38.3. The Morgan fingerprint density at radius 1 is 0.200 bits per heavy atom. The summed E-state index contributed by atoms with van der Waals surface area (Å²) < 4.78 is 1.14. The number of rotatable bonds is 4. The van der Waals surface area contributed by atoms with Gasteiger partial charge in [0.05, 0.1) is 0 Å². The van der Waals surface area contributed by atoms with E-state index in [0.717, 1.165) is 15.2 Å². The Labute approximate surface area is 646 Å². The van der Waals surface area contributed by atoms with E-state index in [1.165, 1.54) is 219 Å². The van der Waals surface area contributed by atoms with Gasteiger partial charge in [0.15, 0.2) is 0 Å². The van der Waals surface area contributed by atoms with Gasteiger partial charge >= 0.3 is 7.12 Å². The summed E-state index contributed by atoms with van der Waals surface area (Å²) in [5, 5.41) is 44.8. The van der Waals surface area contributed by atoms with Gasteiger partial charge in [-0.25, -0.2) is 0 Å². The summed E-state index contributed by atoms with van der Waals surface area (Å²) in [5.41, 5.74) is 29.2. The fourth-order valence-corrected chi connectivity index (χ4v) is 20.4. The maximum Gasteiger partial charge on any atom is 0.489 e. The highest BCUT2D eigenvalue weighted by Crippen LogP contribution is 2.56. The lowest BCUT2D eigenvalue weighted by Gasteiger charge is -2.23. The van der Waals surface area contributed by atoms with E-state index >= 15 is 0 Å². The summed E-state index contributed by atoms with van der Waals surface area (Å²) in [6.07, 6.45) is 0. The molecule has 2 nitrogen and oxygen atoms in total. The molecule has 0 saturated carbocycles. The highest BCUT2D eigenvalue weighted by molar-refractivity contribution is 9.10. The Hall–Kier alpha value is -12.5. The molecule has 4 aliphatic rings. The number of benzene rings is 20. The van der Waals surface area contributed by atoms with Crippen LogP contribution in [0.3, 0.4) is 0 Å². The highest BCUT2D eigenvalue weighted by atomic mass is 79.9. The minimum Gasteiger partial charge on any atom is -0.423 e. The van der Waals surface area contributed by atoms with Crippen molar-refractivity contribution in [3.8, 4) is 100 Å². The quantitative estimate of drug-likeness (QED) is 0.136. The van der Waals surface area contributed by atoms with Crippen LogP contribution in [0.4, 0.5) is 0 Å². The van der Waals surface area contributed by atoms with Gasteiger partial charge in [-0.05, 0) is 278 Å². The third-order valence-corrected chi connectivity index (χ3v) is 25.6. The Bertz CT molecular complexity index is 7400. The number of fused-ring (bicyclic) bond motifs is 28. The second-order valence-electron chi connectivity index (χ2n) is 31.5. The summed E-state index contributed by atoms with van der Waals surface area (Å²) in [6, 6.07) is 125. The minimum atomic E-state index is -1.44. The monoisotopic (exact) mass is 1460 g/mol.